The van der Waals surface area contributed by atoms with Crippen molar-refractivity contribution in [2.75, 3.05) is 0 Å². The molecule has 2 unspecified atom stereocenters. The molecule has 1 aliphatic rings. The van der Waals surface area contributed by atoms with Gasteiger partial charge in [0.05, 0.1) is 10.6 Å². The number of hydrogen-bond acceptors (Lipinski definition) is 2. The molecule has 1 amide bonds. The normalized spacial score (nSPS) is 23.6. The monoisotopic (exact) mass is 224 g/mol. The predicted octanol–water partition coefficient (Wildman–Crippen LogP) is 2.26. The van der Waals surface area contributed by atoms with Crippen molar-refractivity contribution in [2.24, 2.45) is 5.92 Å². The van der Waals surface area contributed by atoms with Gasteiger partial charge in [-0.1, -0.05) is 24.9 Å². The summed E-state index contributed by atoms with van der Waals surface area (Å²) in [6, 6.07) is 1.98. The Morgan fingerprint density at radius 1 is 1.73 bits per heavy atom. The highest BCUT2D eigenvalue weighted by Gasteiger charge is 2.36. The largest absolute Gasteiger partial charge is 0.349 e. The molecular formula is C11H13ClN2O. The molecule has 0 saturated heterocycles. The molecule has 1 aromatic rings. The fourth-order valence-corrected chi connectivity index (χ4v) is 1.89. The van der Waals surface area contributed by atoms with Gasteiger partial charge in [0.25, 0.3) is 5.91 Å². The Bertz CT molecular complexity index is 381. The van der Waals surface area contributed by atoms with Crippen LogP contribution in [0.1, 0.15) is 30.1 Å². The van der Waals surface area contributed by atoms with E-state index in [0.717, 1.165) is 12.8 Å². The van der Waals surface area contributed by atoms with Crippen molar-refractivity contribution in [3.63, 3.8) is 0 Å². The first kappa shape index (κ1) is 10.4. The molecule has 0 bridgehead atoms. The molecule has 15 heavy (non-hydrogen) atoms. The van der Waals surface area contributed by atoms with Gasteiger partial charge in [0, 0.05) is 18.4 Å². The lowest BCUT2D eigenvalue weighted by atomic mass is 10.2. The molecule has 1 N–H and O–H groups in total. The fourth-order valence-electron chi connectivity index (χ4n) is 1.68. The van der Waals surface area contributed by atoms with E-state index in [1.807, 2.05) is 0 Å². The zero-order chi connectivity index (χ0) is 10.8. The van der Waals surface area contributed by atoms with Crippen molar-refractivity contribution in [3.8, 4) is 0 Å². The van der Waals surface area contributed by atoms with Crippen LogP contribution in [0.4, 0.5) is 0 Å². The summed E-state index contributed by atoms with van der Waals surface area (Å²) in [6.07, 6.45) is 5.27. The van der Waals surface area contributed by atoms with E-state index in [-0.39, 0.29) is 5.91 Å². The van der Waals surface area contributed by atoms with Crippen LogP contribution >= 0.6 is 11.6 Å². The Labute approximate surface area is 93.8 Å². The van der Waals surface area contributed by atoms with Gasteiger partial charge in [0.1, 0.15) is 0 Å². The summed E-state index contributed by atoms with van der Waals surface area (Å²) in [5, 5.41) is 3.37. The third-order valence-corrected chi connectivity index (χ3v) is 3.08. The SMILES string of the molecule is CCC1CC1NC(=O)c1ccncc1Cl. The third kappa shape index (κ3) is 2.29. The van der Waals surface area contributed by atoms with Crippen molar-refractivity contribution in [1.82, 2.24) is 10.3 Å². The van der Waals surface area contributed by atoms with Crippen LogP contribution in [0.25, 0.3) is 0 Å². The maximum Gasteiger partial charge on any atom is 0.253 e. The Kier molecular flexibility index (Phi) is 2.91. The summed E-state index contributed by atoms with van der Waals surface area (Å²) in [5.41, 5.74) is 0.508. The van der Waals surface area contributed by atoms with Crippen LogP contribution in [0, 0.1) is 5.92 Å². The van der Waals surface area contributed by atoms with Crippen molar-refractivity contribution in [1.29, 1.82) is 0 Å². The first-order valence-corrected chi connectivity index (χ1v) is 5.50. The molecule has 1 aromatic heterocycles. The quantitative estimate of drug-likeness (QED) is 0.856. The zero-order valence-corrected chi connectivity index (χ0v) is 9.29. The molecule has 0 spiro atoms. The number of rotatable bonds is 3. The molecule has 0 aliphatic heterocycles. The molecule has 0 radical (unpaired) electrons. The van der Waals surface area contributed by atoms with Gasteiger partial charge in [-0.05, 0) is 18.4 Å². The summed E-state index contributed by atoms with van der Waals surface area (Å²) < 4.78 is 0. The van der Waals surface area contributed by atoms with Crippen LogP contribution in [0.15, 0.2) is 18.5 Å². The molecule has 1 heterocycles. The molecule has 80 valence electrons. The maximum atomic E-state index is 11.8. The minimum Gasteiger partial charge on any atom is -0.349 e. The van der Waals surface area contributed by atoms with E-state index >= 15 is 0 Å². The molecule has 1 fully saturated rings. The predicted molar refractivity (Wildman–Crippen MR) is 58.9 cm³/mol. The van der Waals surface area contributed by atoms with E-state index in [0.29, 0.717) is 22.5 Å². The van der Waals surface area contributed by atoms with Crippen molar-refractivity contribution < 1.29 is 4.79 Å². The third-order valence-electron chi connectivity index (χ3n) is 2.78. The smallest absolute Gasteiger partial charge is 0.253 e. The molecule has 1 saturated carbocycles. The van der Waals surface area contributed by atoms with Gasteiger partial charge in [-0.15, -0.1) is 0 Å². The second kappa shape index (κ2) is 4.19. The van der Waals surface area contributed by atoms with Gasteiger partial charge in [-0.2, -0.15) is 0 Å². The summed E-state index contributed by atoms with van der Waals surface area (Å²) in [7, 11) is 0. The van der Waals surface area contributed by atoms with Gasteiger partial charge in [-0.3, -0.25) is 9.78 Å². The zero-order valence-electron chi connectivity index (χ0n) is 8.53. The molecule has 0 aromatic carbocycles. The molecule has 4 heteroatoms. The van der Waals surface area contributed by atoms with Crippen molar-refractivity contribution in [3.05, 3.63) is 29.0 Å². The number of carbonyl (C=O) groups excluding carboxylic acids is 1. The molecule has 3 nitrogen and oxygen atoms in total. The number of pyridine rings is 1. The molecular weight excluding hydrogens is 212 g/mol. The van der Waals surface area contributed by atoms with Crippen LogP contribution in [-0.2, 0) is 0 Å². The van der Waals surface area contributed by atoms with Crippen LogP contribution < -0.4 is 5.32 Å². The highest BCUT2D eigenvalue weighted by Crippen LogP contribution is 2.33. The number of amides is 1. The summed E-state index contributed by atoms with van der Waals surface area (Å²) in [4.78, 5) is 15.6. The molecule has 2 rings (SSSR count). The number of nitrogens with zero attached hydrogens (tertiary/aromatic N) is 1. The van der Waals surface area contributed by atoms with E-state index in [1.165, 1.54) is 6.20 Å². The summed E-state index contributed by atoms with van der Waals surface area (Å²) >= 11 is 5.87. The Hall–Kier alpha value is -1.09. The van der Waals surface area contributed by atoms with E-state index in [2.05, 4.69) is 17.2 Å². The number of aromatic nitrogens is 1. The summed E-state index contributed by atoms with van der Waals surface area (Å²) in [6.45, 7) is 2.14. The van der Waals surface area contributed by atoms with E-state index in [4.69, 9.17) is 11.6 Å². The highest BCUT2D eigenvalue weighted by molar-refractivity contribution is 6.33. The topological polar surface area (TPSA) is 42.0 Å². The minimum absolute atomic E-state index is 0.0941. The van der Waals surface area contributed by atoms with Gasteiger partial charge in [0.15, 0.2) is 0 Å². The average molecular weight is 225 g/mol. The van der Waals surface area contributed by atoms with E-state index in [1.54, 1.807) is 12.3 Å². The lowest BCUT2D eigenvalue weighted by Crippen LogP contribution is -2.27. The maximum absolute atomic E-state index is 11.8. The number of nitrogens with one attached hydrogen (secondary N) is 1. The van der Waals surface area contributed by atoms with Gasteiger partial charge >= 0.3 is 0 Å². The van der Waals surface area contributed by atoms with Gasteiger partial charge < -0.3 is 5.32 Å². The van der Waals surface area contributed by atoms with Gasteiger partial charge in [0.2, 0.25) is 0 Å². The van der Waals surface area contributed by atoms with E-state index < -0.39 is 0 Å². The van der Waals surface area contributed by atoms with E-state index in [9.17, 15) is 4.79 Å². The second-order valence-electron chi connectivity index (χ2n) is 3.84. The Morgan fingerprint density at radius 2 is 2.53 bits per heavy atom. The lowest BCUT2D eigenvalue weighted by Gasteiger charge is -2.05. The number of hydrogen-bond donors (Lipinski definition) is 1. The van der Waals surface area contributed by atoms with Crippen LogP contribution in [0.5, 0.6) is 0 Å². The standard InChI is InChI=1S/C11H13ClN2O/c1-2-7-5-10(7)14-11(15)8-3-4-13-6-9(8)12/h3-4,6-7,10H,2,5H2,1H3,(H,14,15). The van der Waals surface area contributed by atoms with Crippen molar-refractivity contribution in [2.45, 2.75) is 25.8 Å². The average Bonchev–Trinajstić information content (AvgIpc) is 2.97. The first-order valence-electron chi connectivity index (χ1n) is 5.12. The Balaban J connectivity index is 2.00. The van der Waals surface area contributed by atoms with Crippen molar-refractivity contribution >= 4 is 17.5 Å². The molecule has 1 aliphatic carbocycles. The van der Waals surface area contributed by atoms with Crippen LogP contribution in [0.3, 0.4) is 0 Å². The number of carbonyl (C=O) groups is 1. The Morgan fingerprint density at radius 3 is 3.13 bits per heavy atom. The number of halogens is 1. The first-order chi connectivity index (χ1) is 7.22. The second-order valence-corrected chi connectivity index (χ2v) is 4.25. The fraction of sp³-hybridized carbons (Fsp3) is 0.455. The molecule has 2 atom stereocenters. The lowest BCUT2D eigenvalue weighted by molar-refractivity contribution is 0.0949. The highest BCUT2D eigenvalue weighted by atomic mass is 35.5. The van der Waals surface area contributed by atoms with Crippen LogP contribution in [0.2, 0.25) is 5.02 Å². The minimum atomic E-state index is -0.0941. The van der Waals surface area contributed by atoms with Crippen LogP contribution in [-0.4, -0.2) is 16.9 Å². The van der Waals surface area contributed by atoms with Gasteiger partial charge in [-0.25, -0.2) is 0 Å². The summed E-state index contributed by atoms with van der Waals surface area (Å²) in [5.74, 6) is 0.554.